The van der Waals surface area contributed by atoms with E-state index in [1.165, 1.54) is 0 Å². The number of aromatic nitrogens is 1. The minimum absolute atomic E-state index is 0.726. The van der Waals surface area contributed by atoms with Crippen LogP contribution >= 0.6 is 11.6 Å². The van der Waals surface area contributed by atoms with Crippen molar-refractivity contribution >= 4 is 28.8 Å². The lowest BCUT2D eigenvalue weighted by Crippen LogP contribution is -1.96. The van der Waals surface area contributed by atoms with Crippen molar-refractivity contribution in [3.8, 4) is 0 Å². The van der Waals surface area contributed by atoms with Gasteiger partial charge < -0.3 is 4.57 Å². The highest BCUT2D eigenvalue weighted by molar-refractivity contribution is 6.25. The Bertz CT molecular complexity index is 554. The summed E-state index contributed by atoms with van der Waals surface area (Å²) in [5.74, 6) is 0. The predicted octanol–water partition coefficient (Wildman–Crippen LogP) is 3.60. The number of nitrogens with zero attached hydrogens (tertiary/aromatic N) is 1. The lowest BCUT2D eigenvalue weighted by molar-refractivity contribution is 0.112. The molecule has 0 amide bonds. The molecule has 0 bridgehead atoms. The number of hydrogen-bond donors (Lipinski definition) is 0. The Morgan fingerprint density at radius 2 is 2.25 bits per heavy atom. The summed E-state index contributed by atoms with van der Waals surface area (Å²) >= 11 is 5.65. The zero-order valence-corrected chi connectivity index (χ0v) is 9.74. The number of rotatable bonds is 3. The van der Waals surface area contributed by atoms with Crippen molar-refractivity contribution in [3.05, 3.63) is 47.1 Å². The number of fused-ring (bicyclic) bond motifs is 1. The van der Waals surface area contributed by atoms with Gasteiger partial charge in [-0.2, -0.15) is 0 Å². The summed E-state index contributed by atoms with van der Waals surface area (Å²) in [6, 6.07) is 7.68. The van der Waals surface area contributed by atoms with Gasteiger partial charge in [0.2, 0.25) is 0 Å². The molecule has 0 saturated heterocycles. The second-order valence-corrected chi connectivity index (χ2v) is 4.02. The molecule has 0 fully saturated rings. The molecule has 2 rings (SSSR count). The van der Waals surface area contributed by atoms with Crippen molar-refractivity contribution in [1.29, 1.82) is 0 Å². The van der Waals surface area contributed by atoms with Crippen LogP contribution in [0.25, 0.3) is 10.9 Å². The Labute approximate surface area is 99.1 Å². The minimum Gasteiger partial charge on any atom is -0.343 e. The normalized spacial score (nSPS) is 12.0. The quantitative estimate of drug-likeness (QED) is 0.743. The number of halogens is 1. The molecule has 1 heterocycles. The zero-order chi connectivity index (χ0) is 11.5. The van der Waals surface area contributed by atoms with E-state index in [0.29, 0.717) is 0 Å². The SMILES string of the molecule is C/C(=C/Cl)Cn1ccc2c(C=O)cccc21. The first-order valence-corrected chi connectivity index (χ1v) is 5.49. The van der Waals surface area contributed by atoms with Gasteiger partial charge in [-0.25, -0.2) is 0 Å². The third-order valence-corrected chi connectivity index (χ3v) is 2.95. The zero-order valence-electron chi connectivity index (χ0n) is 8.98. The van der Waals surface area contributed by atoms with Crippen LogP contribution < -0.4 is 0 Å². The number of hydrogen-bond acceptors (Lipinski definition) is 1. The fourth-order valence-corrected chi connectivity index (χ4v) is 1.86. The molecule has 0 saturated carbocycles. The molecule has 3 heteroatoms. The van der Waals surface area contributed by atoms with Crippen molar-refractivity contribution in [1.82, 2.24) is 4.57 Å². The Kier molecular flexibility index (Phi) is 3.11. The Balaban J connectivity index is 2.53. The topological polar surface area (TPSA) is 22.0 Å². The van der Waals surface area contributed by atoms with Gasteiger partial charge in [-0.15, -0.1) is 0 Å². The molecule has 16 heavy (non-hydrogen) atoms. The first kappa shape index (κ1) is 11.0. The molecule has 0 aliphatic heterocycles. The van der Waals surface area contributed by atoms with Crippen LogP contribution in [0.5, 0.6) is 0 Å². The summed E-state index contributed by atoms with van der Waals surface area (Å²) in [5, 5.41) is 0.986. The lowest BCUT2D eigenvalue weighted by atomic mass is 10.1. The van der Waals surface area contributed by atoms with Crippen LogP contribution in [-0.2, 0) is 6.54 Å². The molecule has 0 radical (unpaired) electrons. The van der Waals surface area contributed by atoms with Crippen LogP contribution in [0, 0.1) is 0 Å². The molecular formula is C13H12ClNO. The van der Waals surface area contributed by atoms with Gasteiger partial charge in [0.1, 0.15) is 0 Å². The van der Waals surface area contributed by atoms with Gasteiger partial charge >= 0.3 is 0 Å². The first-order valence-electron chi connectivity index (χ1n) is 5.05. The highest BCUT2D eigenvalue weighted by Crippen LogP contribution is 2.20. The van der Waals surface area contributed by atoms with E-state index in [2.05, 4.69) is 4.57 Å². The maximum absolute atomic E-state index is 10.9. The highest BCUT2D eigenvalue weighted by atomic mass is 35.5. The summed E-state index contributed by atoms with van der Waals surface area (Å²) in [5.41, 5.74) is 4.44. The van der Waals surface area contributed by atoms with Crippen LogP contribution in [0.15, 0.2) is 41.6 Å². The van der Waals surface area contributed by atoms with Gasteiger partial charge in [-0.1, -0.05) is 23.7 Å². The summed E-state index contributed by atoms with van der Waals surface area (Å²) in [4.78, 5) is 10.9. The van der Waals surface area contributed by atoms with Gasteiger partial charge in [0.25, 0.3) is 0 Å². The minimum atomic E-state index is 0.726. The Morgan fingerprint density at radius 1 is 1.44 bits per heavy atom. The number of benzene rings is 1. The van der Waals surface area contributed by atoms with E-state index < -0.39 is 0 Å². The fraction of sp³-hybridized carbons (Fsp3) is 0.154. The van der Waals surface area contributed by atoms with Crippen molar-refractivity contribution in [2.75, 3.05) is 0 Å². The third-order valence-electron chi connectivity index (χ3n) is 2.58. The molecule has 82 valence electrons. The predicted molar refractivity (Wildman–Crippen MR) is 66.9 cm³/mol. The summed E-state index contributed by atoms with van der Waals surface area (Å²) in [7, 11) is 0. The average molecular weight is 234 g/mol. The smallest absolute Gasteiger partial charge is 0.150 e. The van der Waals surface area contributed by atoms with Crippen LogP contribution in [-0.4, -0.2) is 10.9 Å². The first-order chi connectivity index (χ1) is 7.76. The van der Waals surface area contributed by atoms with Gasteiger partial charge in [-0.05, 0) is 24.6 Å². The van der Waals surface area contributed by atoms with Crippen LogP contribution in [0.3, 0.4) is 0 Å². The van der Waals surface area contributed by atoms with Gasteiger partial charge in [0, 0.05) is 34.7 Å². The van der Waals surface area contributed by atoms with E-state index in [1.54, 1.807) is 5.54 Å². The van der Waals surface area contributed by atoms with Crippen LogP contribution in [0.4, 0.5) is 0 Å². The van der Waals surface area contributed by atoms with E-state index in [0.717, 1.165) is 34.9 Å². The molecule has 0 unspecified atom stereocenters. The number of aldehydes is 1. The van der Waals surface area contributed by atoms with E-state index in [1.807, 2.05) is 37.4 Å². The standard InChI is InChI=1S/C13H12ClNO/c1-10(7-14)8-15-6-5-12-11(9-16)3-2-4-13(12)15/h2-7,9H,8H2,1H3/b10-7-. The number of carbonyl (C=O) groups is 1. The lowest BCUT2D eigenvalue weighted by Gasteiger charge is -2.05. The van der Waals surface area contributed by atoms with Gasteiger partial charge in [0.05, 0.1) is 0 Å². The van der Waals surface area contributed by atoms with E-state index in [4.69, 9.17) is 11.6 Å². The van der Waals surface area contributed by atoms with Gasteiger partial charge in [-0.3, -0.25) is 4.79 Å². The number of allylic oxidation sites excluding steroid dienone is 1. The maximum Gasteiger partial charge on any atom is 0.150 e. The fourth-order valence-electron chi connectivity index (χ4n) is 1.79. The molecule has 0 N–H and O–H groups in total. The molecule has 0 spiro atoms. The highest BCUT2D eigenvalue weighted by Gasteiger charge is 2.04. The number of carbonyl (C=O) groups excluding carboxylic acids is 1. The van der Waals surface area contributed by atoms with Crippen molar-refractivity contribution in [3.63, 3.8) is 0 Å². The van der Waals surface area contributed by atoms with Crippen LogP contribution in [0.2, 0.25) is 0 Å². The van der Waals surface area contributed by atoms with Crippen molar-refractivity contribution in [2.45, 2.75) is 13.5 Å². The maximum atomic E-state index is 10.9. The van der Waals surface area contributed by atoms with Crippen molar-refractivity contribution in [2.24, 2.45) is 0 Å². The molecule has 2 aromatic rings. The molecular weight excluding hydrogens is 222 g/mol. The third kappa shape index (κ3) is 1.89. The summed E-state index contributed by atoms with van der Waals surface area (Å²) in [6.45, 7) is 2.72. The second-order valence-electron chi connectivity index (χ2n) is 3.80. The Morgan fingerprint density at radius 3 is 2.94 bits per heavy atom. The average Bonchev–Trinajstić information content (AvgIpc) is 2.72. The summed E-state index contributed by atoms with van der Waals surface area (Å²) < 4.78 is 2.08. The molecule has 1 aromatic carbocycles. The monoisotopic (exact) mass is 233 g/mol. The largest absolute Gasteiger partial charge is 0.343 e. The molecule has 0 aliphatic rings. The molecule has 0 aliphatic carbocycles. The van der Waals surface area contributed by atoms with E-state index in [9.17, 15) is 4.79 Å². The van der Waals surface area contributed by atoms with E-state index in [-0.39, 0.29) is 0 Å². The second kappa shape index (κ2) is 4.54. The van der Waals surface area contributed by atoms with Crippen molar-refractivity contribution < 1.29 is 4.79 Å². The van der Waals surface area contributed by atoms with Crippen LogP contribution in [0.1, 0.15) is 17.3 Å². The molecule has 0 atom stereocenters. The molecule has 1 aromatic heterocycles. The molecule has 2 nitrogen and oxygen atoms in total. The van der Waals surface area contributed by atoms with Gasteiger partial charge in [0.15, 0.2) is 6.29 Å². The summed E-state index contributed by atoms with van der Waals surface area (Å²) in [6.07, 6.45) is 2.86. The van der Waals surface area contributed by atoms with E-state index >= 15 is 0 Å². The Hall–Kier alpha value is -1.54.